The third kappa shape index (κ3) is 3.38. The van der Waals surface area contributed by atoms with Gasteiger partial charge in [-0.25, -0.2) is 0 Å². The molecular formula is C18H21N3O3. The molecule has 24 heavy (non-hydrogen) atoms. The molecule has 1 aromatic heterocycles. The molecule has 3 rings (SSSR count). The Morgan fingerprint density at radius 3 is 2.75 bits per heavy atom. The van der Waals surface area contributed by atoms with Crippen LogP contribution in [0, 0.1) is 13.8 Å². The van der Waals surface area contributed by atoms with Crippen LogP contribution in [0.15, 0.2) is 30.3 Å². The molecule has 1 unspecified atom stereocenters. The zero-order valence-corrected chi connectivity index (χ0v) is 14.2. The molecule has 1 aromatic carbocycles. The van der Waals surface area contributed by atoms with Crippen LogP contribution in [-0.4, -0.2) is 47.8 Å². The van der Waals surface area contributed by atoms with Gasteiger partial charge in [-0.3, -0.25) is 4.79 Å². The van der Waals surface area contributed by atoms with Crippen molar-refractivity contribution in [2.24, 2.45) is 0 Å². The van der Waals surface area contributed by atoms with Crippen LogP contribution in [0.5, 0.6) is 5.88 Å². The predicted molar refractivity (Wildman–Crippen MR) is 89.1 cm³/mol. The van der Waals surface area contributed by atoms with E-state index in [-0.39, 0.29) is 12.0 Å². The van der Waals surface area contributed by atoms with Gasteiger partial charge in [-0.1, -0.05) is 23.8 Å². The lowest BCUT2D eigenvalue weighted by molar-refractivity contribution is -0.0233. The lowest BCUT2D eigenvalue weighted by Crippen LogP contribution is -2.42. The molecule has 126 valence electrons. The van der Waals surface area contributed by atoms with Gasteiger partial charge in [0.05, 0.1) is 20.3 Å². The van der Waals surface area contributed by atoms with Gasteiger partial charge in [0.1, 0.15) is 6.10 Å². The zero-order valence-electron chi connectivity index (χ0n) is 14.2. The van der Waals surface area contributed by atoms with Gasteiger partial charge in [0.25, 0.3) is 5.91 Å². The number of aromatic nitrogens is 2. The van der Waals surface area contributed by atoms with Gasteiger partial charge in [-0.2, -0.15) is 0 Å². The minimum absolute atomic E-state index is 0.116. The van der Waals surface area contributed by atoms with Gasteiger partial charge in [0, 0.05) is 12.6 Å². The van der Waals surface area contributed by atoms with Gasteiger partial charge in [-0.05, 0) is 31.0 Å². The average molecular weight is 327 g/mol. The second kappa shape index (κ2) is 6.97. The first-order valence-corrected chi connectivity index (χ1v) is 7.94. The van der Waals surface area contributed by atoms with Crippen LogP contribution in [0.4, 0.5) is 0 Å². The van der Waals surface area contributed by atoms with E-state index in [1.165, 1.54) is 18.2 Å². The molecule has 1 atom stereocenters. The van der Waals surface area contributed by atoms with E-state index >= 15 is 0 Å². The van der Waals surface area contributed by atoms with E-state index < -0.39 is 0 Å². The van der Waals surface area contributed by atoms with E-state index in [4.69, 9.17) is 9.47 Å². The third-order valence-electron chi connectivity index (χ3n) is 4.19. The summed E-state index contributed by atoms with van der Waals surface area (Å²) in [4.78, 5) is 14.4. The Hall–Kier alpha value is -2.47. The molecule has 2 aromatic rings. The van der Waals surface area contributed by atoms with Crippen molar-refractivity contribution in [3.8, 4) is 5.88 Å². The highest BCUT2D eigenvalue weighted by molar-refractivity contribution is 5.92. The molecule has 1 amide bonds. The third-order valence-corrected chi connectivity index (χ3v) is 4.19. The monoisotopic (exact) mass is 327 g/mol. The van der Waals surface area contributed by atoms with Crippen molar-refractivity contribution in [3.63, 3.8) is 0 Å². The van der Waals surface area contributed by atoms with Crippen molar-refractivity contribution in [1.29, 1.82) is 0 Å². The summed E-state index contributed by atoms with van der Waals surface area (Å²) in [7, 11) is 1.52. The standard InChI is InChI=1S/C18H21N3O3/c1-12-4-5-14(13(2)10-12)16-11-21(8-9-24-16)18(22)15-6-7-17(23-3)20-19-15/h4-7,10,16H,8-9,11H2,1-3H3. The Kier molecular flexibility index (Phi) is 4.76. The number of methoxy groups -OCH3 is 1. The van der Waals surface area contributed by atoms with Gasteiger partial charge in [-0.15, -0.1) is 10.2 Å². The van der Waals surface area contributed by atoms with Gasteiger partial charge < -0.3 is 14.4 Å². The molecule has 0 N–H and O–H groups in total. The summed E-state index contributed by atoms with van der Waals surface area (Å²) in [5.74, 6) is 0.255. The Morgan fingerprint density at radius 2 is 2.08 bits per heavy atom. The fourth-order valence-electron chi connectivity index (χ4n) is 2.91. The van der Waals surface area contributed by atoms with E-state index in [0.29, 0.717) is 31.3 Å². The number of hydrogen-bond donors (Lipinski definition) is 0. The van der Waals surface area contributed by atoms with Crippen LogP contribution < -0.4 is 4.74 Å². The quantitative estimate of drug-likeness (QED) is 0.865. The van der Waals surface area contributed by atoms with Crippen LogP contribution in [0.3, 0.4) is 0 Å². The number of rotatable bonds is 3. The van der Waals surface area contributed by atoms with Crippen molar-refractivity contribution in [1.82, 2.24) is 15.1 Å². The highest BCUT2D eigenvalue weighted by Crippen LogP contribution is 2.26. The number of aryl methyl sites for hydroxylation is 2. The van der Waals surface area contributed by atoms with Crippen LogP contribution in [0.25, 0.3) is 0 Å². The minimum Gasteiger partial charge on any atom is -0.480 e. The molecule has 1 aliphatic rings. The lowest BCUT2D eigenvalue weighted by atomic mass is 10.00. The maximum absolute atomic E-state index is 12.6. The van der Waals surface area contributed by atoms with E-state index in [9.17, 15) is 4.79 Å². The normalized spacial score (nSPS) is 17.6. The number of carbonyl (C=O) groups excluding carboxylic acids is 1. The number of benzene rings is 1. The summed E-state index contributed by atoms with van der Waals surface area (Å²) in [5, 5.41) is 7.81. The van der Waals surface area contributed by atoms with Gasteiger partial charge in [0.15, 0.2) is 5.69 Å². The van der Waals surface area contributed by atoms with Crippen LogP contribution in [0.1, 0.15) is 33.3 Å². The lowest BCUT2D eigenvalue weighted by Gasteiger charge is -2.33. The summed E-state index contributed by atoms with van der Waals surface area (Å²) in [6.07, 6.45) is -0.116. The highest BCUT2D eigenvalue weighted by Gasteiger charge is 2.27. The Morgan fingerprint density at radius 1 is 1.25 bits per heavy atom. The first-order valence-electron chi connectivity index (χ1n) is 7.94. The number of amides is 1. The average Bonchev–Trinajstić information content (AvgIpc) is 2.61. The largest absolute Gasteiger partial charge is 0.480 e. The fraction of sp³-hybridized carbons (Fsp3) is 0.389. The van der Waals surface area contributed by atoms with E-state index in [1.807, 2.05) is 0 Å². The summed E-state index contributed by atoms with van der Waals surface area (Å²) in [6, 6.07) is 9.56. The smallest absolute Gasteiger partial charge is 0.274 e. The summed E-state index contributed by atoms with van der Waals surface area (Å²) >= 11 is 0. The summed E-state index contributed by atoms with van der Waals surface area (Å²) in [6.45, 7) is 5.70. The topological polar surface area (TPSA) is 64.5 Å². The maximum atomic E-state index is 12.6. The number of ether oxygens (including phenoxy) is 2. The maximum Gasteiger partial charge on any atom is 0.274 e. The SMILES string of the molecule is COc1ccc(C(=O)N2CCOC(c3ccc(C)cc3C)C2)nn1. The molecule has 0 radical (unpaired) electrons. The van der Waals surface area contributed by atoms with Crippen LogP contribution >= 0.6 is 0 Å². The van der Waals surface area contributed by atoms with Gasteiger partial charge in [0.2, 0.25) is 5.88 Å². The molecule has 1 saturated heterocycles. The molecule has 1 fully saturated rings. The molecule has 2 heterocycles. The van der Waals surface area contributed by atoms with Crippen molar-refractivity contribution in [2.75, 3.05) is 26.8 Å². The van der Waals surface area contributed by atoms with E-state index in [1.54, 1.807) is 17.0 Å². The van der Waals surface area contributed by atoms with Crippen molar-refractivity contribution < 1.29 is 14.3 Å². The molecular weight excluding hydrogens is 306 g/mol. The van der Waals surface area contributed by atoms with Gasteiger partial charge >= 0.3 is 0 Å². The van der Waals surface area contributed by atoms with E-state index in [2.05, 4.69) is 42.2 Å². The number of hydrogen-bond acceptors (Lipinski definition) is 5. The second-order valence-electron chi connectivity index (χ2n) is 5.93. The molecule has 1 aliphatic heterocycles. The number of carbonyl (C=O) groups is 1. The Bertz CT molecular complexity index is 731. The van der Waals surface area contributed by atoms with Crippen LogP contribution in [0.2, 0.25) is 0 Å². The Balaban J connectivity index is 1.75. The molecule has 0 bridgehead atoms. The Labute approximate surface area is 141 Å². The molecule has 0 aliphatic carbocycles. The highest BCUT2D eigenvalue weighted by atomic mass is 16.5. The first-order chi connectivity index (χ1) is 11.6. The minimum atomic E-state index is -0.136. The summed E-state index contributed by atoms with van der Waals surface area (Å²) < 4.78 is 10.9. The van der Waals surface area contributed by atoms with E-state index in [0.717, 1.165) is 5.56 Å². The zero-order chi connectivity index (χ0) is 17.1. The van der Waals surface area contributed by atoms with Crippen LogP contribution in [-0.2, 0) is 4.74 Å². The molecule has 6 nitrogen and oxygen atoms in total. The predicted octanol–water partition coefficient (Wildman–Crippen LogP) is 2.32. The molecule has 6 heteroatoms. The molecule has 0 spiro atoms. The molecule has 0 saturated carbocycles. The summed E-state index contributed by atoms with van der Waals surface area (Å²) in [5.41, 5.74) is 3.84. The number of nitrogens with zero attached hydrogens (tertiary/aromatic N) is 3. The fourth-order valence-corrected chi connectivity index (χ4v) is 2.91. The second-order valence-corrected chi connectivity index (χ2v) is 5.93. The van der Waals surface area contributed by atoms with Crippen molar-refractivity contribution >= 4 is 5.91 Å². The first kappa shape index (κ1) is 16.4. The van der Waals surface area contributed by atoms with Crippen molar-refractivity contribution in [2.45, 2.75) is 20.0 Å². The number of morpholine rings is 1. The van der Waals surface area contributed by atoms with Crippen molar-refractivity contribution in [3.05, 3.63) is 52.7 Å².